The van der Waals surface area contributed by atoms with Gasteiger partial charge >= 0.3 is 12.0 Å². The molecule has 0 saturated carbocycles. The van der Waals surface area contributed by atoms with Crippen LogP contribution in [0.3, 0.4) is 0 Å². The van der Waals surface area contributed by atoms with Gasteiger partial charge in [0.05, 0.1) is 19.8 Å². The van der Waals surface area contributed by atoms with Gasteiger partial charge in [-0.15, -0.1) is 0 Å². The number of aliphatic carboxylic acids is 1. The molecule has 2 heterocycles. The second kappa shape index (κ2) is 7.23. The van der Waals surface area contributed by atoms with Crippen LogP contribution in [0.1, 0.15) is 0 Å². The number of carboxylic acids is 1. The van der Waals surface area contributed by atoms with Crippen molar-refractivity contribution in [3.63, 3.8) is 0 Å². The zero-order valence-electron chi connectivity index (χ0n) is 11.7. The van der Waals surface area contributed by atoms with Crippen LogP contribution in [0.15, 0.2) is 0 Å². The van der Waals surface area contributed by atoms with Crippen LogP contribution < -0.4 is 10.6 Å². The molecule has 0 aromatic rings. The molecule has 0 bridgehead atoms. The molecule has 2 fully saturated rings. The predicted octanol–water partition coefficient (Wildman–Crippen LogP) is -2.09. The number of ether oxygens (including phenoxy) is 1. The molecule has 2 rings (SSSR count). The molecule has 9 nitrogen and oxygen atoms in total. The summed E-state index contributed by atoms with van der Waals surface area (Å²) in [7, 11) is 0. The normalized spacial score (nSPS) is 22.8. The van der Waals surface area contributed by atoms with Gasteiger partial charge in [0.1, 0.15) is 0 Å². The number of nitrogens with one attached hydrogen (secondary N) is 2. The molecule has 3 N–H and O–H groups in total. The molecule has 1 atom stereocenters. The van der Waals surface area contributed by atoms with Gasteiger partial charge in [0, 0.05) is 32.7 Å². The van der Waals surface area contributed by atoms with E-state index in [0.717, 1.165) is 13.1 Å². The lowest BCUT2D eigenvalue weighted by molar-refractivity contribution is -0.147. The summed E-state index contributed by atoms with van der Waals surface area (Å²) in [6.45, 7) is 3.05. The summed E-state index contributed by atoms with van der Waals surface area (Å²) in [4.78, 5) is 37.9. The van der Waals surface area contributed by atoms with E-state index in [4.69, 9.17) is 9.84 Å². The van der Waals surface area contributed by atoms with Gasteiger partial charge in [0.15, 0.2) is 6.04 Å². The molecule has 118 valence electrons. The highest BCUT2D eigenvalue weighted by Gasteiger charge is 2.33. The number of amides is 3. The van der Waals surface area contributed by atoms with Gasteiger partial charge in [0.25, 0.3) is 0 Å². The molecular weight excluding hydrogens is 280 g/mol. The molecule has 0 spiro atoms. The van der Waals surface area contributed by atoms with Crippen molar-refractivity contribution in [2.75, 3.05) is 52.5 Å². The highest BCUT2D eigenvalue weighted by molar-refractivity contribution is 5.87. The minimum Gasteiger partial charge on any atom is -0.480 e. The molecule has 2 aliphatic heterocycles. The molecule has 1 unspecified atom stereocenters. The van der Waals surface area contributed by atoms with Gasteiger partial charge in [-0.25, -0.2) is 9.59 Å². The first kappa shape index (κ1) is 15.5. The molecule has 9 heteroatoms. The number of urea groups is 1. The van der Waals surface area contributed by atoms with E-state index in [1.54, 1.807) is 4.90 Å². The van der Waals surface area contributed by atoms with Crippen molar-refractivity contribution in [2.45, 2.75) is 6.04 Å². The fourth-order valence-corrected chi connectivity index (χ4v) is 2.33. The Labute approximate surface area is 122 Å². The highest BCUT2D eigenvalue weighted by atomic mass is 16.5. The van der Waals surface area contributed by atoms with E-state index in [1.807, 2.05) is 0 Å². The Hall–Kier alpha value is -1.87. The van der Waals surface area contributed by atoms with Crippen LogP contribution in [0.25, 0.3) is 0 Å². The van der Waals surface area contributed by atoms with E-state index in [1.165, 1.54) is 4.90 Å². The Morgan fingerprint density at radius 2 is 1.95 bits per heavy atom. The Morgan fingerprint density at radius 3 is 2.62 bits per heavy atom. The van der Waals surface area contributed by atoms with E-state index in [2.05, 4.69) is 10.6 Å². The smallest absolute Gasteiger partial charge is 0.328 e. The second-order valence-corrected chi connectivity index (χ2v) is 4.91. The van der Waals surface area contributed by atoms with Crippen LogP contribution in [0.4, 0.5) is 4.79 Å². The average molecular weight is 300 g/mol. The quantitative estimate of drug-likeness (QED) is 0.551. The molecule has 0 aromatic heterocycles. The predicted molar refractivity (Wildman–Crippen MR) is 71.8 cm³/mol. The third-order valence-electron chi connectivity index (χ3n) is 3.53. The van der Waals surface area contributed by atoms with E-state index < -0.39 is 18.0 Å². The second-order valence-electron chi connectivity index (χ2n) is 4.91. The Morgan fingerprint density at radius 1 is 1.24 bits per heavy atom. The summed E-state index contributed by atoms with van der Waals surface area (Å²) in [6, 6.07) is -1.55. The molecule has 21 heavy (non-hydrogen) atoms. The average Bonchev–Trinajstić information content (AvgIpc) is 2.53. The number of rotatable bonds is 3. The third-order valence-corrected chi connectivity index (χ3v) is 3.53. The maximum atomic E-state index is 12.0. The van der Waals surface area contributed by atoms with Crippen LogP contribution in [-0.2, 0) is 14.3 Å². The number of carbonyl (C=O) groups excluding carboxylic acids is 2. The number of carbonyl (C=O) groups is 3. The maximum absolute atomic E-state index is 12.0. The number of morpholine rings is 1. The van der Waals surface area contributed by atoms with Gasteiger partial charge in [-0.05, 0) is 0 Å². The number of carboxylic acid groups (broad SMARTS) is 1. The SMILES string of the molecule is O=C(O)C1COCCN1C(=O)NCC(=O)N1CCNCC1. The lowest BCUT2D eigenvalue weighted by Gasteiger charge is -2.33. The number of piperazine rings is 1. The van der Waals surface area contributed by atoms with Gasteiger partial charge in [-0.2, -0.15) is 0 Å². The van der Waals surface area contributed by atoms with Gasteiger partial charge < -0.3 is 30.3 Å². The molecule has 0 radical (unpaired) electrons. The monoisotopic (exact) mass is 300 g/mol. The number of nitrogens with zero attached hydrogens (tertiary/aromatic N) is 2. The van der Waals surface area contributed by atoms with Crippen LogP contribution in [0.2, 0.25) is 0 Å². The summed E-state index contributed by atoms with van der Waals surface area (Å²) in [5.41, 5.74) is 0. The van der Waals surface area contributed by atoms with Crippen LogP contribution in [0, 0.1) is 0 Å². The third kappa shape index (κ3) is 4.05. The standard InChI is InChI=1S/C12H20N4O5/c17-10(15-3-1-13-2-4-15)7-14-12(20)16-5-6-21-8-9(16)11(18)19/h9,13H,1-8H2,(H,14,20)(H,18,19). The van der Waals surface area contributed by atoms with Crippen LogP contribution >= 0.6 is 0 Å². The first-order valence-corrected chi connectivity index (χ1v) is 6.93. The van der Waals surface area contributed by atoms with Gasteiger partial charge in [-0.1, -0.05) is 0 Å². The number of hydrogen-bond donors (Lipinski definition) is 3. The topological polar surface area (TPSA) is 111 Å². The van der Waals surface area contributed by atoms with Crippen molar-refractivity contribution < 1.29 is 24.2 Å². The first-order valence-electron chi connectivity index (χ1n) is 6.93. The minimum absolute atomic E-state index is 0.0332. The maximum Gasteiger partial charge on any atom is 0.328 e. The summed E-state index contributed by atoms with van der Waals surface area (Å²) in [5, 5.41) is 14.7. The highest BCUT2D eigenvalue weighted by Crippen LogP contribution is 2.07. The largest absolute Gasteiger partial charge is 0.480 e. The van der Waals surface area contributed by atoms with Crippen molar-refractivity contribution >= 4 is 17.9 Å². The molecule has 0 aliphatic carbocycles. The summed E-state index contributed by atoms with van der Waals surface area (Å²) in [6.07, 6.45) is 0. The van der Waals surface area contributed by atoms with Crippen molar-refractivity contribution in [3.05, 3.63) is 0 Å². The summed E-state index contributed by atoms with van der Waals surface area (Å²) >= 11 is 0. The summed E-state index contributed by atoms with van der Waals surface area (Å²) in [5.74, 6) is -1.27. The Balaban J connectivity index is 1.82. The number of hydrogen-bond acceptors (Lipinski definition) is 5. The van der Waals surface area contributed by atoms with Crippen molar-refractivity contribution in [3.8, 4) is 0 Å². The Kier molecular flexibility index (Phi) is 5.34. The fraction of sp³-hybridized carbons (Fsp3) is 0.750. The van der Waals surface area contributed by atoms with Crippen molar-refractivity contribution in [1.82, 2.24) is 20.4 Å². The lowest BCUT2D eigenvalue weighted by Crippen LogP contribution is -2.57. The first-order chi connectivity index (χ1) is 10.1. The van der Waals surface area contributed by atoms with Crippen molar-refractivity contribution in [1.29, 1.82) is 0 Å². The van der Waals surface area contributed by atoms with Gasteiger partial charge in [-0.3, -0.25) is 4.79 Å². The lowest BCUT2D eigenvalue weighted by atomic mass is 10.2. The van der Waals surface area contributed by atoms with Crippen LogP contribution in [0.5, 0.6) is 0 Å². The van der Waals surface area contributed by atoms with Crippen molar-refractivity contribution in [2.24, 2.45) is 0 Å². The van der Waals surface area contributed by atoms with E-state index >= 15 is 0 Å². The van der Waals surface area contributed by atoms with Gasteiger partial charge in [0.2, 0.25) is 5.91 Å². The summed E-state index contributed by atoms with van der Waals surface area (Å²) < 4.78 is 5.06. The van der Waals surface area contributed by atoms with Crippen LogP contribution in [-0.4, -0.2) is 91.3 Å². The minimum atomic E-state index is -1.11. The van der Waals surface area contributed by atoms with E-state index in [0.29, 0.717) is 19.7 Å². The molecule has 3 amide bonds. The molecule has 2 saturated heterocycles. The zero-order valence-corrected chi connectivity index (χ0v) is 11.7. The molecule has 0 aromatic carbocycles. The molecular formula is C12H20N4O5. The Bertz CT molecular complexity index is 410. The zero-order chi connectivity index (χ0) is 15.2. The fourth-order valence-electron chi connectivity index (χ4n) is 2.33. The van der Waals surface area contributed by atoms with E-state index in [-0.39, 0.29) is 25.6 Å². The molecule has 2 aliphatic rings. The van der Waals surface area contributed by atoms with E-state index in [9.17, 15) is 14.4 Å².